The highest BCUT2D eigenvalue weighted by Crippen LogP contribution is 2.36. The number of carbonyl (C=O) groups is 1. The number of aryl methyl sites for hydroxylation is 2. The molecule has 220 valence electrons. The Morgan fingerprint density at radius 3 is 2.38 bits per heavy atom. The molecular formula is C33H33F3N2O3S. The van der Waals surface area contributed by atoms with Gasteiger partial charge in [-0.25, -0.2) is 4.98 Å². The lowest BCUT2D eigenvalue weighted by atomic mass is 9.97. The third-order valence-electron chi connectivity index (χ3n) is 7.56. The van der Waals surface area contributed by atoms with E-state index in [1.54, 1.807) is 11.3 Å². The van der Waals surface area contributed by atoms with Crippen LogP contribution in [0.3, 0.4) is 0 Å². The Labute approximate surface area is 247 Å². The molecule has 42 heavy (non-hydrogen) atoms. The van der Waals surface area contributed by atoms with E-state index in [1.807, 2.05) is 56.5 Å². The van der Waals surface area contributed by atoms with E-state index in [0.29, 0.717) is 13.2 Å². The third-order valence-corrected chi connectivity index (χ3v) is 8.46. The van der Waals surface area contributed by atoms with Gasteiger partial charge in [0.15, 0.2) is 5.13 Å². The second-order valence-corrected chi connectivity index (χ2v) is 11.4. The van der Waals surface area contributed by atoms with Crippen molar-refractivity contribution in [3.63, 3.8) is 0 Å². The molecule has 0 bridgehead atoms. The monoisotopic (exact) mass is 594 g/mol. The number of alkyl halides is 3. The number of benzene rings is 3. The molecule has 1 aliphatic rings. The minimum absolute atomic E-state index is 0.0510. The topological polar surface area (TPSA) is 51.7 Å². The second-order valence-electron chi connectivity index (χ2n) is 10.5. The van der Waals surface area contributed by atoms with Gasteiger partial charge in [0.25, 0.3) is 0 Å². The second kappa shape index (κ2) is 12.6. The Balaban J connectivity index is 1.27. The normalized spacial score (nSPS) is 14.2. The van der Waals surface area contributed by atoms with Crippen molar-refractivity contribution in [2.75, 3.05) is 24.6 Å². The van der Waals surface area contributed by atoms with Gasteiger partial charge >= 0.3 is 12.1 Å². The summed E-state index contributed by atoms with van der Waals surface area (Å²) in [4.78, 5) is 19.3. The lowest BCUT2D eigenvalue weighted by molar-refractivity contribution is -0.148. The number of rotatable bonds is 8. The van der Waals surface area contributed by atoms with Crippen LogP contribution in [0.4, 0.5) is 18.3 Å². The van der Waals surface area contributed by atoms with Crippen molar-refractivity contribution in [2.45, 2.75) is 46.4 Å². The number of anilines is 1. The van der Waals surface area contributed by atoms with Gasteiger partial charge < -0.3 is 14.4 Å². The standard InChI is InChI=1S/C33H33F3N2O3S/c1-4-40-31(39)24-13-15-38(16-14-24)32-37-29(20-42-32)28-17-21(2)5-12-30(28)41-19-26-7-6-25(18-22(26)3)23-8-10-27(11-9-23)33(34,35)36/h5-12,17-18,20,24H,4,13-16,19H2,1-3H3. The molecule has 5 nitrogen and oxygen atoms in total. The van der Waals surface area contributed by atoms with Gasteiger partial charge in [-0.2, -0.15) is 13.2 Å². The maximum Gasteiger partial charge on any atom is 0.416 e. The average Bonchev–Trinajstić information content (AvgIpc) is 3.47. The van der Waals surface area contributed by atoms with Crippen LogP contribution in [0.1, 0.15) is 42.0 Å². The van der Waals surface area contributed by atoms with E-state index < -0.39 is 11.7 Å². The highest BCUT2D eigenvalue weighted by molar-refractivity contribution is 7.14. The fraction of sp³-hybridized carbons (Fsp3) is 0.333. The predicted octanol–water partition coefficient (Wildman–Crippen LogP) is 8.47. The van der Waals surface area contributed by atoms with E-state index in [2.05, 4.69) is 11.0 Å². The number of ether oxygens (including phenoxy) is 2. The van der Waals surface area contributed by atoms with Gasteiger partial charge in [-0.3, -0.25) is 4.79 Å². The zero-order valence-corrected chi connectivity index (χ0v) is 24.6. The summed E-state index contributed by atoms with van der Waals surface area (Å²) in [6.45, 7) is 8.10. The Morgan fingerprint density at radius 1 is 1.00 bits per heavy atom. The van der Waals surface area contributed by atoms with Gasteiger partial charge in [0.05, 0.1) is 23.8 Å². The molecule has 1 saturated heterocycles. The molecule has 0 spiro atoms. The summed E-state index contributed by atoms with van der Waals surface area (Å²) in [5.41, 5.74) is 5.75. The van der Waals surface area contributed by atoms with Gasteiger partial charge in [0.1, 0.15) is 12.4 Å². The molecule has 4 aromatic rings. The number of aromatic nitrogens is 1. The summed E-state index contributed by atoms with van der Waals surface area (Å²) in [6.07, 6.45) is -2.85. The van der Waals surface area contributed by atoms with E-state index in [-0.39, 0.29) is 11.9 Å². The molecule has 0 saturated carbocycles. The van der Waals surface area contributed by atoms with Crippen LogP contribution in [0.5, 0.6) is 5.75 Å². The largest absolute Gasteiger partial charge is 0.488 e. The fourth-order valence-corrected chi connectivity index (χ4v) is 5.99. The number of hydrogen-bond donors (Lipinski definition) is 0. The molecule has 0 atom stereocenters. The van der Waals surface area contributed by atoms with Crippen molar-refractivity contribution in [3.05, 3.63) is 88.3 Å². The van der Waals surface area contributed by atoms with E-state index in [4.69, 9.17) is 14.5 Å². The van der Waals surface area contributed by atoms with Crippen LogP contribution in [0.15, 0.2) is 66.0 Å². The maximum absolute atomic E-state index is 12.9. The van der Waals surface area contributed by atoms with Crippen molar-refractivity contribution in [1.82, 2.24) is 4.98 Å². The first-order chi connectivity index (χ1) is 20.1. The van der Waals surface area contributed by atoms with Crippen LogP contribution in [-0.4, -0.2) is 30.6 Å². The minimum Gasteiger partial charge on any atom is -0.488 e. The molecule has 0 amide bonds. The molecule has 1 aromatic heterocycles. The number of esters is 1. The van der Waals surface area contributed by atoms with Crippen molar-refractivity contribution < 1.29 is 27.4 Å². The van der Waals surface area contributed by atoms with Gasteiger partial charge in [-0.15, -0.1) is 11.3 Å². The first-order valence-electron chi connectivity index (χ1n) is 14.0. The van der Waals surface area contributed by atoms with Crippen LogP contribution >= 0.6 is 11.3 Å². The molecule has 0 aliphatic carbocycles. The SMILES string of the molecule is CCOC(=O)C1CCN(c2nc(-c3cc(C)ccc3OCc3ccc(-c4ccc(C(F)(F)F)cc4)cc3C)cs2)CC1. The molecular weight excluding hydrogens is 561 g/mol. The Morgan fingerprint density at radius 2 is 1.71 bits per heavy atom. The average molecular weight is 595 g/mol. The van der Waals surface area contributed by atoms with Crippen molar-refractivity contribution >= 4 is 22.4 Å². The number of nitrogens with zero attached hydrogens (tertiary/aromatic N) is 2. The molecule has 1 aliphatic heterocycles. The molecule has 0 unspecified atom stereocenters. The molecule has 5 rings (SSSR count). The van der Waals surface area contributed by atoms with Gasteiger partial charge in [-0.1, -0.05) is 42.0 Å². The van der Waals surface area contributed by atoms with Crippen molar-refractivity contribution in [2.24, 2.45) is 5.92 Å². The quantitative estimate of drug-likeness (QED) is 0.192. The van der Waals surface area contributed by atoms with Crippen LogP contribution in [0.2, 0.25) is 0 Å². The van der Waals surface area contributed by atoms with E-state index in [1.165, 1.54) is 12.1 Å². The molecule has 0 radical (unpaired) electrons. The van der Waals surface area contributed by atoms with Gasteiger partial charge in [-0.05, 0) is 80.1 Å². The number of halogens is 3. The maximum atomic E-state index is 12.9. The predicted molar refractivity (Wildman–Crippen MR) is 160 cm³/mol. The molecule has 9 heteroatoms. The summed E-state index contributed by atoms with van der Waals surface area (Å²) in [5, 5.41) is 2.97. The molecule has 3 aromatic carbocycles. The smallest absolute Gasteiger partial charge is 0.416 e. The number of carbonyl (C=O) groups excluding carboxylic acids is 1. The first kappa shape index (κ1) is 29.6. The third kappa shape index (κ3) is 6.78. The van der Waals surface area contributed by atoms with Crippen LogP contribution in [0.25, 0.3) is 22.4 Å². The van der Waals surface area contributed by atoms with E-state index in [9.17, 15) is 18.0 Å². The number of hydrogen-bond acceptors (Lipinski definition) is 6. The van der Waals surface area contributed by atoms with Crippen molar-refractivity contribution in [1.29, 1.82) is 0 Å². The first-order valence-corrected chi connectivity index (χ1v) is 14.9. The van der Waals surface area contributed by atoms with E-state index >= 15 is 0 Å². The summed E-state index contributed by atoms with van der Waals surface area (Å²) < 4.78 is 50.3. The molecule has 2 heterocycles. The summed E-state index contributed by atoms with van der Waals surface area (Å²) in [6, 6.07) is 17.1. The Bertz CT molecular complexity index is 1540. The van der Waals surface area contributed by atoms with Crippen molar-refractivity contribution in [3.8, 4) is 28.1 Å². The van der Waals surface area contributed by atoms with E-state index in [0.717, 1.165) is 88.0 Å². The fourth-order valence-electron chi connectivity index (χ4n) is 5.11. The number of thiazole rings is 1. The Hall–Kier alpha value is -3.85. The summed E-state index contributed by atoms with van der Waals surface area (Å²) >= 11 is 1.58. The summed E-state index contributed by atoms with van der Waals surface area (Å²) in [5.74, 6) is 0.567. The molecule has 0 N–H and O–H groups in total. The van der Waals surface area contributed by atoms with Gasteiger partial charge in [0, 0.05) is 24.0 Å². The molecule has 1 fully saturated rings. The Kier molecular flexibility index (Phi) is 8.87. The highest BCUT2D eigenvalue weighted by atomic mass is 32.1. The van der Waals surface area contributed by atoms with Gasteiger partial charge in [0.2, 0.25) is 0 Å². The zero-order valence-electron chi connectivity index (χ0n) is 23.8. The zero-order chi connectivity index (χ0) is 29.9. The number of piperidine rings is 1. The highest BCUT2D eigenvalue weighted by Gasteiger charge is 2.30. The van der Waals surface area contributed by atoms with Crippen LogP contribution in [-0.2, 0) is 22.3 Å². The lowest BCUT2D eigenvalue weighted by Gasteiger charge is -2.30. The van der Waals surface area contributed by atoms with Crippen LogP contribution < -0.4 is 9.64 Å². The minimum atomic E-state index is -4.35. The van der Waals surface area contributed by atoms with Crippen LogP contribution in [0, 0.1) is 19.8 Å². The lowest BCUT2D eigenvalue weighted by Crippen LogP contribution is -2.36. The summed E-state index contributed by atoms with van der Waals surface area (Å²) in [7, 11) is 0.